The smallest absolute Gasteiger partial charge is 0.251 e. The summed E-state index contributed by atoms with van der Waals surface area (Å²) >= 11 is 0. The molecular formula is C31H39N3O3. The van der Waals surface area contributed by atoms with Crippen molar-refractivity contribution in [3.05, 3.63) is 95.1 Å². The molecule has 5 N–H and O–H groups in total. The number of hydrogen-bond acceptors (Lipinski definition) is 4. The Bertz CT molecular complexity index is 1130. The summed E-state index contributed by atoms with van der Waals surface area (Å²) in [4.78, 5) is 26.2. The van der Waals surface area contributed by atoms with Crippen LogP contribution < -0.4 is 16.4 Å². The van der Waals surface area contributed by atoms with Gasteiger partial charge < -0.3 is 21.5 Å². The van der Waals surface area contributed by atoms with Crippen molar-refractivity contribution in [1.82, 2.24) is 10.6 Å². The van der Waals surface area contributed by atoms with Gasteiger partial charge >= 0.3 is 0 Å². The molecule has 0 saturated heterocycles. The summed E-state index contributed by atoms with van der Waals surface area (Å²) in [6, 6.07) is 21.7. The summed E-state index contributed by atoms with van der Waals surface area (Å²) in [5.41, 5.74) is 10.4. The number of anilines is 1. The topological polar surface area (TPSA) is 104 Å². The first-order valence-corrected chi connectivity index (χ1v) is 13.2. The Hall–Kier alpha value is -3.80. The molecule has 3 aromatic rings. The van der Waals surface area contributed by atoms with Crippen molar-refractivity contribution in [2.45, 2.75) is 64.3 Å². The second-order valence-corrected chi connectivity index (χ2v) is 9.48. The lowest BCUT2D eigenvalue weighted by molar-refractivity contribution is -0.123. The van der Waals surface area contributed by atoms with Gasteiger partial charge in [0.05, 0.1) is 0 Å². The first kappa shape index (κ1) is 27.8. The number of aryl methyl sites for hydroxylation is 3. The van der Waals surface area contributed by atoms with E-state index in [0.29, 0.717) is 37.1 Å². The highest BCUT2D eigenvalue weighted by molar-refractivity contribution is 5.98. The minimum Gasteiger partial charge on any atom is -0.508 e. The minimum absolute atomic E-state index is 0.149. The summed E-state index contributed by atoms with van der Waals surface area (Å²) in [5.74, 6) is -0.206. The fraction of sp³-hybridized carbons (Fsp3) is 0.355. The molecular weight excluding hydrogens is 462 g/mol. The minimum atomic E-state index is -0.628. The zero-order chi connectivity index (χ0) is 26.5. The van der Waals surface area contributed by atoms with Crippen molar-refractivity contribution in [3.8, 4) is 5.75 Å². The standard InChI is InChI=1S/C31H39N3O3/c1-2-3-4-8-21-33-31(37)29(20-14-23-9-6-5-7-10-23)34-30(36)26-16-19-28(32)25(22-26)15-11-24-12-17-27(35)18-13-24/h5-7,9-10,12-13,16-19,22,29,35H,2-4,8,11,14-15,20-21,32H2,1H3,(H,33,37)(H,34,36)/t29-/m0/s1. The predicted octanol–water partition coefficient (Wildman–Crippen LogP) is 5.19. The van der Waals surface area contributed by atoms with Gasteiger partial charge in [0.2, 0.25) is 5.91 Å². The van der Waals surface area contributed by atoms with E-state index >= 15 is 0 Å². The number of amides is 2. The van der Waals surface area contributed by atoms with Gasteiger partial charge in [0, 0.05) is 17.8 Å². The van der Waals surface area contributed by atoms with Gasteiger partial charge in [-0.15, -0.1) is 0 Å². The highest BCUT2D eigenvalue weighted by Crippen LogP contribution is 2.19. The van der Waals surface area contributed by atoms with E-state index in [2.05, 4.69) is 17.6 Å². The number of carbonyl (C=O) groups is 2. The Morgan fingerprint density at radius 1 is 0.865 bits per heavy atom. The Kier molecular flexibility index (Phi) is 11.0. The predicted molar refractivity (Wildman–Crippen MR) is 150 cm³/mol. The maximum atomic E-state index is 13.2. The molecule has 2 amide bonds. The fourth-order valence-corrected chi connectivity index (χ4v) is 4.26. The normalized spacial score (nSPS) is 11.6. The number of hydrogen-bond donors (Lipinski definition) is 4. The average Bonchev–Trinajstić information content (AvgIpc) is 2.91. The van der Waals surface area contributed by atoms with E-state index in [1.165, 1.54) is 0 Å². The van der Waals surface area contributed by atoms with Crippen LogP contribution in [0.1, 0.15) is 66.1 Å². The van der Waals surface area contributed by atoms with Gasteiger partial charge in [-0.25, -0.2) is 0 Å². The van der Waals surface area contributed by atoms with E-state index in [4.69, 9.17) is 5.73 Å². The van der Waals surface area contributed by atoms with Gasteiger partial charge in [0.1, 0.15) is 11.8 Å². The average molecular weight is 502 g/mol. The molecule has 1 atom stereocenters. The molecule has 0 aliphatic carbocycles. The van der Waals surface area contributed by atoms with Crippen LogP contribution in [0.5, 0.6) is 5.75 Å². The number of rotatable bonds is 14. The Labute approximate surface area is 220 Å². The molecule has 0 fully saturated rings. The first-order valence-electron chi connectivity index (χ1n) is 13.2. The van der Waals surface area contributed by atoms with Gasteiger partial charge in [0.15, 0.2) is 0 Å². The summed E-state index contributed by atoms with van der Waals surface area (Å²) in [6.07, 6.45) is 6.90. The van der Waals surface area contributed by atoms with Gasteiger partial charge in [-0.3, -0.25) is 9.59 Å². The summed E-state index contributed by atoms with van der Waals surface area (Å²) in [6.45, 7) is 2.77. The quantitative estimate of drug-likeness (QED) is 0.180. The van der Waals surface area contributed by atoms with Crippen molar-refractivity contribution < 1.29 is 14.7 Å². The molecule has 0 bridgehead atoms. The van der Waals surface area contributed by atoms with Crippen molar-refractivity contribution in [1.29, 1.82) is 0 Å². The van der Waals surface area contributed by atoms with E-state index < -0.39 is 6.04 Å². The largest absolute Gasteiger partial charge is 0.508 e. The zero-order valence-corrected chi connectivity index (χ0v) is 21.7. The summed E-state index contributed by atoms with van der Waals surface area (Å²) in [5, 5.41) is 15.5. The molecule has 6 nitrogen and oxygen atoms in total. The number of nitrogens with one attached hydrogen (secondary N) is 2. The van der Waals surface area contributed by atoms with Crippen molar-refractivity contribution in [3.63, 3.8) is 0 Å². The molecule has 0 heterocycles. The SMILES string of the molecule is CCCCCCNC(=O)[C@H](CCc1ccccc1)NC(=O)c1ccc(N)c(CCc2ccc(O)cc2)c1. The number of phenolic OH excluding ortho intramolecular Hbond substituents is 1. The Morgan fingerprint density at radius 2 is 1.59 bits per heavy atom. The number of nitrogen functional groups attached to an aromatic ring is 1. The van der Waals surface area contributed by atoms with Crippen molar-refractivity contribution in [2.75, 3.05) is 12.3 Å². The van der Waals surface area contributed by atoms with Crippen LogP contribution in [0.4, 0.5) is 5.69 Å². The second-order valence-electron chi connectivity index (χ2n) is 9.48. The van der Waals surface area contributed by atoms with Crippen LogP contribution in [0.25, 0.3) is 0 Å². The number of benzene rings is 3. The third-order valence-corrected chi connectivity index (χ3v) is 6.54. The number of carbonyl (C=O) groups excluding carboxylic acids is 2. The van der Waals surface area contributed by atoms with Crippen LogP contribution in [-0.4, -0.2) is 29.5 Å². The monoisotopic (exact) mass is 501 g/mol. The zero-order valence-electron chi connectivity index (χ0n) is 21.7. The van der Waals surface area contributed by atoms with Crippen LogP contribution in [-0.2, 0) is 24.1 Å². The van der Waals surface area contributed by atoms with Crippen LogP contribution in [0.3, 0.4) is 0 Å². The van der Waals surface area contributed by atoms with E-state index in [9.17, 15) is 14.7 Å². The van der Waals surface area contributed by atoms with Gasteiger partial charge in [-0.2, -0.15) is 0 Å². The van der Waals surface area contributed by atoms with Crippen LogP contribution in [0.15, 0.2) is 72.8 Å². The molecule has 3 rings (SSSR count). The number of unbranched alkanes of at least 4 members (excludes halogenated alkanes) is 3. The molecule has 6 heteroatoms. The molecule has 0 radical (unpaired) electrons. The molecule has 0 unspecified atom stereocenters. The molecule has 196 valence electrons. The third-order valence-electron chi connectivity index (χ3n) is 6.54. The molecule has 0 spiro atoms. The summed E-state index contributed by atoms with van der Waals surface area (Å²) in [7, 11) is 0. The number of phenols is 1. The summed E-state index contributed by atoms with van der Waals surface area (Å²) < 4.78 is 0. The van der Waals surface area contributed by atoms with E-state index in [1.54, 1.807) is 24.3 Å². The van der Waals surface area contributed by atoms with Crippen molar-refractivity contribution >= 4 is 17.5 Å². The lowest BCUT2D eigenvalue weighted by atomic mass is 10.00. The Morgan fingerprint density at radius 3 is 2.32 bits per heavy atom. The molecule has 0 aliphatic rings. The molecule has 3 aromatic carbocycles. The van der Waals surface area contributed by atoms with E-state index in [1.807, 2.05) is 48.5 Å². The molecule has 0 aromatic heterocycles. The van der Waals surface area contributed by atoms with E-state index in [0.717, 1.165) is 48.8 Å². The first-order chi connectivity index (χ1) is 18.0. The second kappa shape index (κ2) is 14.7. The number of aromatic hydroxyl groups is 1. The fourth-order valence-electron chi connectivity index (χ4n) is 4.26. The Balaban J connectivity index is 1.65. The third kappa shape index (κ3) is 9.30. The number of nitrogens with two attached hydrogens (primary N) is 1. The molecule has 0 aliphatic heterocycles. The van der Waals surface area contributed by atoms with Crippen molar-refractivity contribution in [2.24, 2.45) is 0 Å². The highest BCUT2D eigenvalue weighted by Gasteiger charge is 2.21. The lowest BCUT2D eigenvalue weighted by Gasteiger charge is -2.19. The highest BCUT2D eigenvalue weighted by atomic mass is 16.3. The molecule has 0 saturated carbocycles. The maximum absolute atomic E-state index is 13.2. The van der Waals surface area contributed by atoms with Gasteiger partial charge in [-0.05, 0) is 79.1 Å². The lowest BCUT2D eigenvalue weighted by Crippen LogP contribution is -2.47. The molecule has 37 heavy (non-hydrogen) atoms. The van der Waals surface area contributed by atoms with Crippen LogP contribution >= 0.6 is 0 Å². The van der Waals surface area contributed by atoms with Crippen LogP contribution in [0.2, 0.25) is 0 Å². The van der Waals surface area contributed by atoms with Gasteiger partial charge in [0.25, 0.3) is 5.91 Å². The van der Waals surface area contributed by atoms with Crippen LogP contribution in [0, 0.1) is 0 Å². The van der Waals surface area contributed by atoms with Gasteiger partial charge in [-0.1, -0.05) is 68.7 Å². The van der Waals surface area contributed by atoms with E-state index in [-0.39, 0.29) is 17.6 Å². The maximum Gasteiger partial charge on any atom is 0.251 e.